The van der Waals surface area contributed by atoms with Gasteiger partial charge in [0.05, 0.1) is 10.5 Å². The van der Waals surface area contributed by atoms with E-state index in [1.165, 1.54) is 22.0 Å². The highest BCUT2D eigenvalue weighted by Crippen LogP contribution is 2.35. The molecule has 0 saturated carbocycles. The molecule has 0 N–H and O–H groups in total. The zero-order valence-corrected chi connectivity index (χ0v) is 14.0. The van der Waals surface area contributed by atoms with Crippen LogP contribution in [0.15, 0.2) is 53.4 Å². The topological polar surface area (TPSA) is 61.2 Å². The second kappa shape index (κ2) is 5.48. The van der Waals surface area contributed by atoms with Gasteiger partial charge in [-0.1, -0.05) is 36.4 Å². The molecule has 23 heavy (non-hydrogen) atoms. The first-order valence-corrected chi connectivity index (χ1v) is 8.89. The van der Waals surface area contributed by atoms with Crippen molar-refractivity contribution in [1.82, 2.24) is 4.31 Å². The summed E-state index contributed by atoms with van der Waals surface area (Å²) in [5.41, 5.74) is 1.83. The molecular weight excluding hydrogens is 308 g/mol. The molecule has 0 atom stereocenters. The van der Waals surface area contributed by atoms with Crippen molar-refractivity contribution in [3.8, 4) is 6.07 Å². The summed E-state index contributed by atoms with van der Waals surface area (Å²) in [6, 6.07) is 16.3. The van der Waals surface area contributed by atoms with E-state index in [0.717, 1.165) is 5.56 Å². The van der Waals surface area contributed by atoms with Crippen LogP contribution in [0.5, 0.6) is 0 Å². The van der Waals surface area contributed by atoms with Crippen LogP contribution in [-0.4, -0.2) is 18.3 Å². The van der Waals surface area contributed by atoms with E-state index in [1.54, 1.807) is 12.1 Å². The summed E-state index contributed by atoms with van der Waals surface area (Å²) in [5, 5.41) is 9.24. The summed E-state index contributed by atoms with van der Waals surface area (Å²) in [5.74, 6) is 0. The molecule has 0 aliphatic carbocycles. The fraction of sp³-hybridized carbons (Fsp3) is 0.278. The Morgan fingerprint density at radius 1 is 1.04 bits per heavy atom. The molecule has 4 nitrogen and oxygen atoms in total. The Hall–Kier alpha value is -2.16. The van der Waals surface area contributed by atoms with Gasteiger partial charge < -0.3 is 0 Å². The average Bonchev–Trinajstić information content (AvgIpc) is 2.53. The molecule has 2 aromatic carbocycles. The molecule has 1 aliphatic rings. The Morgan fingerprint density at radius 3 is 2.35 bits per heavy atom. The summed E-state index contributed by atoms with van der Waals surface area (Å²) in [6.07, 6.45) is 0.650. The van der Waals surface area contributed by atoms with E-state index in [1.807, 2.05) is 44.2 Å². The third-order valence-corrected chi connectivity index (χ3v) is 6.42. The van der Waals surface area contributed by atoms with Crippen molar-refractivity contribution >= 4 is 10.0 Å². The van der Waals surface area contributed by atoms with Crippen LogP contribution in [-0.2, 0) is 23.0 Å². The molecule has 0 radical (unpaired) electrons. The van der Waals surface area contributed by atoms with Gasteiger partial charge in [0.1, 0.15) is 6.07 Å². The number of nitrogens with zero attached hydrogens (tertiary/aromatic N) is 2. The first-order chi connectivity index (χ1) is 10.9. The fourth-order valence-electron chi connectivity index (χ4n) is 3.12. The fourth-order valence-corrected chi connectivity index (χ4v) is 5.02. The van der Waals surface area contributed by atoms with E-state index in [-0.39, 0.29) is 10.5 Å². The van der Waals surface area contributed by atoms with Crippen molar-refractivity contribution in [2.24, 2.45) is 0 Å². The van der Waals surface area contributed by atoms with Gasteiger partial charge in [-0.25, -0.2) is 8.42 Å². The maximum atomic E-state index is 13.2. The van der Waals surface area contributed by atoms with Gasteiger partial charge in [-0.2, -0.15) is 9.57 Å². The largest absolute Gasteiger partial charge is 0.245 e. The number of rotatable bonds is 2. The van der Waals surface area contributed by atoms with Crippen molar-refractivity contribution < 1.29 is 8.42 Å². The molecule has 0 unspecified atom stereocenters. The van der Waals surface area contributed by atoms with Crippen molar-refractivity contribution in [2.75, 3.05) is 0 Å². The van der Waals surface area contributed by atoms with Crippen LogP contribution >= 0.6 is 0 Å². The quantitative estimate of drug-likeness (QED) is 0.852. The Kier molecular flexibility index (Phi) is 3.75. The van der Waals surface area contributed by atoms with Crippen molar-refractivity contribution in [1.29, 1.82) is 5.26 Å². The molecule has 0 saturated heterocycles. The van der Waals surface area contributed by atoms with Crippen LogP contribution < -0.4 is 0 Å². The van der Waals surface area contributed by atoms with Gasteiger partial charge in [0.2, 0.25) is 10.0 Å². The highest BCUT2D eigenvalue weighted by molar-refractivity contribution is 7.89. The molecule has 0 bridgehead atoms. The highest BCUT2D eigenvalue weighted by atomic mass is 32.2. The number of sulfonamides is 1. The molecule has 5 heteroatoms. The third-order valence-electron chi connectivity index (χ3n) is 4.31. The molecule has 3 rings (SSSR count). The number of benzene rings is 2. The SMILES string of the molecule is CC1(C)Cc2ccccc2CN1S(=O)(=O)c1ccccc1C#N. The zero-order chi connectivity index (χ0) is 16.7. The summed E-state index contributed by atoms with van der Waals surface area (Å²) in [4.78, 5) is 0.0787. The minimum atomic E-state index is -3.74. The lowest BCUT2D eigenvalue weighted by Crippen LogP contribution is -2.51. The molecule has 0 spiro atoms. The lowest BCUT2D eigenvalue weighted by atomic mass is 9.88. The molecular formula is C18H18N2O2S. The predicted octanol–water partition coefficient (Wildman–Crippen LogP) is 3.08. The molecule has 118 valence electrons. The van der Waals surface area contributed by atoms with Gasteiger partial charge in [-0.15, -0.1) is 0 Å². The van der Waals surface area contributed by atoms with Crippen LogP contribution in [0.4, 0.5) is 0 Å². The molecule has 2 aromatic rings. The Labute approximate surface area is 137 Å². The van der Waals surface area contributed by atoms with Gasteiger partial charge in [0.25, 0.3) is 0 Å². The smallest absolute Gasteiger partial charge is 0.207 e. The number of nitriles is 1. The lowest BCUT2D eigenvalue weighted by molar-refractivity contribution is 0.203. The predicted molar refractivity (Wildman–Crippen MR) is 88.1 cm³/mol. The van der Waals surface area contributed by atoms with Crippen molar-refractivity contribution in [3.63, 3.8) is 0 Å². The molecule has 1 aliphatic heterocycles. The summed E-state index contributed by atoms with van der Waals surface area (Å²) in [7, 11) is -3.74. The second-order valence-corrected chi connectivity index (χ2v) is 8.21. The number of hydrogen-bond donors (Lipinski definition) is 0. The van der Waals surface area contributed by atoms with Crippen LogP contribution in [0.3, 0.4) is 0 Å². The standard InChI is InChI=1S/C18H18N2O2S/c1-18(2)11-14-7-3-4-9-16(14)13-20(18)23(21,22)17-10-6-5-8-15(17)12-19/h3-10H,11,13H2,1-2H3. The van der Waals surface area contributed by atoms with E-state index in [2.05, 4.69) is 0 Å². The number of hydrogen-bond acceptors (Lipinski definition) is 3. The van der Waals surface area contributed by atoms with Crippen molar-refractivity contribution in [3.05, 3.63) is 65.2 Å². The van der Waals surface area contributed by atoms with Gasteiger partial charge in [-0.05, 0) is 43.5 Å². The minimum absolute atomic E-state index is 0.0787. The summed E-state index contributed by atoms with van der Waals surface area (Å²) < 4.78 is 27.8. The lowest BCUT2D eigenvalue weighted by Gasteiger charge is -2.42. The van der Waals surface area contributed by atoms with E-state index in [9.17, 15) is 13.7 Å². The van der Waals surface area contributed by atoms with Crippen LogP contribution in [0.1, 0.15) is 30.5 Å². The van der Waals surface area contributed by atoms with E-state index < -0.39 is 15.6 Å². The highest BCUT2D eigenvalue weighted by Gasteiger charge is 2.41. The number of fused-ring (bicyclic) bond motifs is 1. The molecule has 0 fully saturated rings. The van der Waals surface area contributed by atoms with Gasteiger partial charge in [0.15, 0.2) is 0 Å². The summed E-state index contributed by atoms with van der Waals surface area (Å²) in [6.45, 7) is 4.18. The Bertz CT molecular complexity index is 895. The molecule has 0 amide bonds. The van der Waals surface area contributed by atoms with Crippen LogP contribution in [0.2, 0.25) is 0 Å². The normalized spacial score (nSPS) is 17.3. The Balaban J connectivity index is 2.12. The maximum Gasteiger partial charge on any atom is 0.245 e. The zero-order valence-electron chi connectivity index (χ0n) is 13.2. The van der Waals surface area contributed by atoms with E-state index >= 15 is 0 Å². The minimum Gasteiger partial charge on any atom is -0.207 e. The average molecular weight is 326 g/mol. The van der Waals surface area contributed by atoms with Gasteiger partial charge >= 0.3 is 0 Å². The maximum absolute atomic E-state index is 13.2. The van der Waals surface area contributed by atoms with Gasteiger partial charge in [-0.3, -0.25) is 0 Å². The first-order valence-electron chi connectivity index (χ1n) is 7.45. The Morgan fingerprint density at radius 2 is 1.65 bits per heavy atom. The third kappa shape index (κ3) is 2.65. The molecule has 1 heterocycles. The van der Waals surface area contributed by atoms with E-state index in [4.69, 9.17) is 0 Å². The van der Waals surface area contributed by atoms with Crippen LogP contribution in [0.25, 0.3) is 0 Å². The summed E-state index contributed by atoms with van der Waals surface area (Å²) >= 11 is 0. The monoisotopic (exact) mass is 326 g/mol. The second-order valence-electron chi connectivity index (χ2n) is 6.38. The van der Waals surface area contributed by atoms with Gasteiger partial charge in [0, 0.05) is 12.1 Å². The van der Waals surface area contributed by atoms with Crippen LogP contribution in [0, 0.1) is 11.3 Å². The molecule has 0 aromatic heterocycles. The van der Waals surface area contributed by atoms with Crippen molar-refractivity contribution in [2.45, 2.75) is 37.2 Å². The van der Waals surface area contributed by atoms with E-state index in [0.29, 0.717) is 13.0 Å². The first kappa shape index (κ1) is 15.7.